The van der Waals surface area contributed by atoms with Gasteiger partial charge in [-0.1, -0.05) is 39.8 Å². The van der Waals surface area contributed by atoms with Crippen molar-refractivity contribution < 1.29 is 0 Å². The van der Waals surface area contributed by atoms with Crippen LogP contribution in [0.5, 0.6) is 0 Å². The molecule has 0 fully saturated rings. The highest BCUT2D eigenvalue weighted by Crippen LogP contribution is 2.25. The summed E-state index contributed by atoms with van der Waals surface area (Å²) in [5, 5.41) is 7.52. The van der Waals surface area contributed by atoms with Crippen molar-refractivity contribution in [1.82, 2.24) is 0 Å². The van der Waals surface area contributed by atoms with Crippen molar-refractivity contribution in [2.24, 2.45) is 17.8 Å². The lowest BCUT2D eigenvalue weighted by Crippen LogP contribution is -2.19. The quantitative estimate of drug-likeness (QED) is 0.489. The van der Waals surface area contributed by atoms with Crippen LogP contribution in [-0.2, 0) is 0 Å². The van der Waals surface area contributed by atoms with Crippen molar-refractivity contribution in [3.8, 4) is 0 Å². The Bertz CT molecular complexity index is 179. The molecule has 0 aliphatic heterocycles. The van der Waals surface area contributed by atoms with Gasteiger partial charge in [0.25, 0.3) is 0 Å². The molecule has 0 radical (unpaired) electrons. The SMILES string of the molecule is C=C(C(C)C)C(C)[C@@H](C)C(C)=N. The molecule has 1 unspecified atom stereocenters. The Labute approximate surface area is 76.4 Å². The molecule has 1 heteroatoms. The minimum Gasteiger partial charge on any atom is -0.310 e. The standard InChI is InChI=1S/C11H21N/c1-7(2)8(3)9(4)10(5)11(6)12/h7,9-10,12H,3H2,1-2,4-6H3/t9?,10-/m1/s1. The number of nitrogens with one attached hydrogen (secondary N) is 1. The second-order valence-corrected chi connectivity index (χ2v) is 3.99. The molecule has 0 aliphatic carbocycles. The van der Waals surface area contributed by atoms with Crippen molar-refractivity contribution in [2.45, 2.75) is 34.6 Å². The summed E-state index contributed by atoms with van der Waals surface area (Å²) in [7, 11) is 0. The minimum absolute atomic E-state index is 0.333. The Balaban J connectivity index is 4.29. The molecule has 0 aliphatic rings. The van der Waals surface area contributed by atoms with E-state index in [1.165, 1.54) is 5.57 Å². The van der Waals surface area contributed by atoms with Crippen LogP contribution >= 0.6 is 0 Å². The molecule has 2 atom stereocenters. The van der Waals surface area contributed by atoms with Crippen LogP contribution < -0.4 is 0 Å². The summed E-state index contributed by atoms with van der Waals surface area (Å²) in [6.45, 7) is 14.5. The fourth-order valence-corrected chi connectivity index (χ4v) is 1.22. The first-order valence-corrected chi connectivity index (χ1v) is 4.61. The van der Waals surface area contributed by atoms with Crippen molar-refractivity contribution in [3.05, 3.63) is 12.2 Å². The van der Waals surface area contributed by atoms with Gasteiger partial charge >= 0.3 is 0 Å². The predicted molar refractivity (Wildman–Crippen MR) is 55.7 cm³/mol. The third-order valence-electron chi connectivity index (χ3n) is 2.76. The summed E-state index contributed by atoms with van der Waals surface area (Å²) in [4.78, 5) is 0. The Hall–Kier alpha value is -0.590. The summed E-state index contributed by atoms with van der Waals surface area (Å²) in [5.41, 5.74) is 2.01. The van der Waals surface area contributed by atoms with Gasteiger partial charge in [0, 0.05) is 5.71 Å². The van der Waals surface area contributed by atoms with E-state index in [2.05, 4.69) is 34.3 Å². The van der Waals surface area contributed by atoms with Gasteiger partial charge in [0.05, 0.1) is 0 Å². The zero-order chi connectivity index (χ0) is 9.89. The van der Waals surface area contributed by atoms with Gasteiger partial charge in [-0.25, -0.2) is 0 Å². The summed E-state index contributed by atoms with van der Waals surface area (Å²) < 4.78 is 0. The van der Waals surface area contributed by atoms with Gasteiger partial charge in [-0.05, 0) is 24.7 Å². The van der Waals surface area contributed by atoms with E-state index < -0.39 is 0 Å². The predicted octanol–water partition coefficient (Wildman–Crippen LogP) is 3.51. The van der Waals surface area contributed by atoms with E-state index in [0.717, 1.165) is 5.71 Å². The van der Waals surface area contributed by atoms with Gasteiger partial charge in [0.1, 0.15) is 0 Å². The number of hydrogen-bond donors (Lipinski definition) is 1. The fourth-order valence-electron chi connectivity index (χ4n) is 1.22. The van der Waals surface area contributed by atoms with Crippen LogP contribution in [0, 0.1) is 23.2 Å². The molecule has 0 aromatic heterocycles. The molecule has 1 N–H and O–H groups in total. The van der Waals surface area contributed by atoms with E-state index in [-0.39, 0.29) is 0 Å². The van der Waals surface area contributed by atoms with E-state index in [0.29, 0.717) is 17.8 Å². The molecule has 1 nitrogen and oxygen atoms in total. The number of allylic oxidation sites excluding steroid dienone is 1. The molecule has 70 valence electrons. The third kappa shape index (κ3) is 2.80. The van der Waals surface area contributed by atoms with Crippen LogP contribution in [0.15, 0.2) is 12.2 Å². The maximum Gasteiger partial charge on any atom is 0.00922 e. The molecule has 0 saturated carbocycles. The summed E-state index contributed by atoms with van der Waals surface area (Å²) in [6, 6.07) is 0. The zero-order valence-corrected chi connectivity index (χ0v) is 8.94. The average molecular weight is 167 g/mol. The summed E-state index contributed by atoms with van der Waals surface area (Å²) in [5.74, 6) is 1.30. The second kappa shape index (κ2) is 4.44. The second-order valence-electron chi connectivity index (χ2n) is 3.99. The highest BCUT2D eigenvalue weighted by atomic mass is 14.4. The molecule has 0 bridgehead atoms. The van der Waals surface area contributed by atoms with Crippen molar-refractivity contribution in [3.63, 3.8) is 0 Å². The first kappa shape index (κ1) is 11.4. The lowest BCUT2D eigenvalue weighted by Gasteiger charge is -2.23. The van der Waals surface area contributed by atoms with E-state index in [1.807, 2.05) is 6.92 Å². The molecule has 0 aromatic carbocycles. The largest absolute Gasteiger partial charge is 0.310 e. The average Bonchev–Trinajstić information content (AvgIpc) is 2.00. The topological polar surface area (TPSA) is 23.9 Å². The van der Waals surface area contributed by atoms with Crippen molar-refractivity contribution >= 4 is 5.71 Å². The number of rotatable bonds is 4. The molecule has 0 aromatic rings. The van der Waals surface area contributed by atoms with Crippen LogP contribution in [-0.4, -0.2) is 5.71 Å². The molecule has 0 amide bonds. The van der Waals surface area contributed by atoms with Gasteiger partial charge in [0.15, 0.2) is 0 Å². The maximum absolute atomic E-state index is 7.52. The molecule has 0 heterocycles. The Morgan fingerprint density at radius 2 is 1.50 bits per heavy atom. The van der Waals surface area contributed by atoms with Crippen LogP contribution in [0.2, 0.25) is 0 Å². The van der Waals surface area contributed by atoms with E-state index in [9.17, 15) is 0 Å². The smallest absolute Gasteiger partial charge is 0.00922 e. The van der Waals surface area contributed by atoms with Crippen LogP contribution in [0.1, 0.15) is 34.6 Å². The molecule has 0 saturated heterocycles. The van der Waals surface area contributed by atoms with Crippen LogP contribution in [0.3, 0.4) is 0 Å². The summed E-state index contributed by atoms with van der Waals surface area (Å²) >= 11 is 0. The highest BCUT2D eigenvalue weighted by Gasteiger charge is 2.18. The minimum atomic E-state index is 0.333. The van der Waals surface area contributed by atoms with Crippen molar-refractivity contribution in [2.75, 3.05) is 0 Å². The first-order chi connectivity index (χ1) is 5.37. The van der Waals surface area contributed by atoms with Crippen LogP contribution in [0.25, 0.3) is 0 Å². The molecular formula is C11H21N. The lowest BCUT2D eigenvalue weighted by atomic mass is 9.82. The van der Waals surface area contributed by atoms with E-state index >= 15 is 0 Å². The monoisotopic (exact) mass is 167 g/mol. The van der Waals surface area contributed by atoms with Gasteiger partial charge in [0.2, 0.25) is 0 Å². The zero-order valence-electron chi connectivity index (χ0n) is 8.94. The normalized spacial score (nSPS) is 15.8. The van der Waals surface area contributed by atoms with Crippen molar-refractivity contribution in [1.29, 1.82) is 5.41 Å². The van der Waals surface area contributed by atoms with Gasteiger partial charge in [-0.15, -0.1) is 0 Å². The fraction of sp³-hybridized carbons (Fsp3) is 0.727. The van der Waals surface area contributed by atoms with Gasteiger partial charge in [-0.3, -0.25) is 0 Å². The van der Waals surface area contributed by atoms with E-state index in [4.69, 9.17) is 5.41 Å². The summed E-state index contributed by atoms with van der Waals surface area (Å²) in [6.07, 6.45) is 0. The molecule has 12 heavy (non-hydrogen) atoms. The Morgan fingerprint density at radius 3 is 1.75 bits per heavy atom. The molecular weight excluding hydrogens is 146 g/mol. The molecule has 0 spiro atoms. The van der Waals surface area contributed by atoms with Gasteiger partial charge in [-0.2, -0.15) is 0 Å². The first-order valence-electron chi connectivity index (χ1n) is 4.61. The third-order valence-corrected chi connectivity index (χ3v) is 2.76. The van der Waals surface area contributed by atoms with E-state index in [1.54, 1.807) is 0 Å². The van der Waals surface area contributed by atoms with Gasteiger partial charge < -0.3 is 5.41 Å². The molecule has 0 rings (SSSR count). The highest BCUT2D eigenvalue weighted by molar-refractivity contribution is 5.81. The van der Waals surface area contributed by atoms with Crippen LogP contribution in [0.4, 0.5) is 0 Å². The Morgan fingerprint density at radius 1 is 1.08 bits per heavy atom. The maximum atomic E-state index is 7.52. The Kier molecular flexibility index (Phi) is 4.22. The lowest BCUT2D eigenvalue weighted by molar-refractivity contribution is 0.503. The number of hydrogen-bond acceptors (Lipinski definition) is 1.